The third-order valence-corrected chi connectivity index (χ3v) is 5.32. The first-order valence-electron chi connectivity index (χ1n) is 10.3. The van der Waals surface area contributed by atoms with Crippen molar-refractivity contribution in [1.29, 1.82) is 0 Å². The number of hydrogen-bond donors (Lipinski definition) is 0. The van der Waals surface area contributed by atoms with Gasteiger partial charge in [0.05, 0.1) is 18.1 Å². The van der Waals surface area contributed by atoms with Gasteiger partial charge in [-0.2, -0.15) is 0 Å². The normalized spacial score (nSPS) is 11.4. The highest BCUT2D eigenvalue weighted by molar-refractivity contribution is 6.02. The van der Waals surface area contributed by atoms with Crippen molar-refractivity contribution in [3.8, 4) is 22.5 Å². The van der Waals surface area contributed by atoms with Crippen LogP contribution in [0.25, 0.3) is 33.4 Å². The lowest BCUT2D eigenvalue weighted by Gasteiger charge is -2.18. The highest BCUT2D eigenvalue weighted by Crippen LogP contribution is 2.41. The molecule has 4 rings (SSSR count). The Balaban J connectivity index is 1.98. The summed E-state index contributed by atoms with van der Waals surface area (Å²) in [5, 5.41) is 2.21. The van der Waals surface area contributed by atoms with Crippen LogP contribution in [0, 0.1) is 0 Å². The molecule has 2 aliphatic rings. The van der Waals surface area contributed by atoms with Gasteiger partial charge in [-0.05, 0) is 35.9 Å². The summed E-state index contributed by atoms with van der Waals surface area (Å²) in [6.45, 7) is 0. The molecule has 0 fully saturated rings. The van der Waals surface area contributed by atoms with Crippen LogP contribution in [0.2, 0.25) is 0 Å². The Morgan fingerprint density at radius 1 is 0.871 bits per heavy atom. The van der Waals surface area contributed by atoms with Crippen LogP contribution in [-0.2, 0) is 0 Å². The maximum atomic E-state index is 6.40. The Morgan fingerprint density at radius 3 is 2.26 bits per heavy atom. The van der Waals surface area contributed by atoms with Crippen LogP contribution >= 0.6 is 0 Å². The predicted molar refractivity (Wildman–Crippen MR) is 132 cm³/mol. The number of hydrogen-bond acceptors (Lipinski definition) is 3. The van der Waals surface area contributed by atoms with Crippen molar-refractivity contribution < 1.29 is 4.42 Å². The van der Waals surface area contributed by atoms with E-state index in [0.717, 1.165) is 44.6 Å². The molecule has 0 unspecified atom stereocenters. The Labute approximate surface area is 183 Å². The third kappa shape index (κ3) is 4.17. The minimum atomic E-state index is 0.874. The third-order valence-electron chi connectivity index (χ3n) is 5.32. The molecule has 5 heteroatoms. The van der Waals surface area contributed by atoms with E-state index in [4.69, 9.17) is 4.42 Å². The highest BCUT2D eigenvalue weighted by atomic mass is 16.3. The second-order valence-corrected chi connectivity index (χ2v) is 8.38. The van der Waals surface area contributed by atoms with Crippen LogP contribution in [-0.4, -0.2) is 53.5 Å². The molecule has 0 radical (unpaired) electrons. The lowest BCUT2D eigenvalue weighted by Crippen LogP contribution is -2.21. The molecule has 31 heavy (non-hydrogen) atoms. The molecule has 1 aliphatic heterocycles. The topological polar surface area (TPSA) is 35.0 Å². The maximum absolute atomic E-state index is 6.40. The molecular formula is C26H29N4O+. The smallest absolute Gasteiger partial charge is 0.203 e. The van der Waals surface area contributed by atoms with E-state index in [9.17, 15) is 0 Å². The maximum Gasteiger partial charge on any atom is 0.203 e. The first-order chi connectivity index (χ1) is 14.8. The molecule has 0 aromatic heterocycles. The lowest BCUT2D eigenvalue weighted by molar-refractivity contribution is 0.617. The van der Waals surface area contributed by atoms with Gasteiger partial charge in [0.25, 0.3) is 0 Å². The van der Waals surface area contributed by atoms with Gasteiger partial charge in [-0.25, -0.2) is 9.57 Å². The van der Waals surface area contributed by atoms with Gasteiger partial charge >= 0.3 is 0 Å². The van der Waals surface area contributed by atoms with Crippen LogP contribution in [0.1, 0.15) is 0 Å². The Kier molecular flexibility index (Phi) is 5.51. The van der Waals surface area contributed by atoms with Crippen molar-refractivity contribution in [1.82, 2.24) is 9.48 Å². The molecule has 2 aromatic carbocycles. The van der Waals surface area contributed by atoms with Crippen molar-refractivity contribution in [2.45, 2.75) is 0 Å². The van der Waals surface area contributed by atoms with E-state index < -0.39 is 0 Å². The van der Waals surface area contributed by atoms with E-state index in [2.05, 4.69) is 75.1 Å². The molecular weight excluding hydrogens is 384 g/mol. The van der Waals surface area contributed by atoms with Crippen molar-refractivity contribution in [3.63, 3.8) is 0 Å². The number of nitrogens with zero attached hydrogens (tertiary/aromatic N) is 4. The van der Waals surface area contributed by atoms with Gasteiger partial charge in [0.2, 0.25) is 5.36 Å². The van der Waals surface area contributed by atoms with E-state index >= 15 is 0 Å². The van der Waals surface area contributed by atoms with E-state index in [1.807, 2.05) is 53.5 Å². The molecule has 1 heterocycles. The van der Waals surface area contributed by atoms with Gasteiger partial charge in [-0.15, -0.1) is 0 Å². The zero-order valence-corrected chi connectivity index (χ0v) is 19.0. The quantitative estimate of drug-likeness (QED) is 0.213. The van der Waals surface area contributed by atoms with E-state index in [1.165, 1.54) is 5.56 Å². The molecule has 0 spiro atoms. The van der Waals surface area contributed by atoms with E-state index in [-0.39, 0.29) is 0 Å². The highest BCUT2D eigenvalue weighted by Gasteiger charge is 2.18. The molecule has 1 aliphatic carbocycles. The first-order valence-corrected chi connectivity index (χ1v) is 10.3. The number of fused-ring (bicyclic) bond motifs is 2. The van der Waals surface area contributed by atoms with Crippen LogP contribution in [0.3, 0.4) is 0 Å². The molecule has 2 aromatic rings. The van der Waals surface area contributed by atoms with Crippen molar-refractivity contribution in [3.05, 3.63) is 66.0 Å². The minimum Gasteiger partial charge on any atom is -0.456 e. The fourth-order valence-electron chi connectivity index (χ4n) is 3.63. The molecule has 158 valence electrons. The van der Waals surface area contributed by atoms with Crippen molar-refractivity contribution in [2.75, 3.05) is 47.2 Å². The fourth-order valence-corrected chi connectivity index (χ4v) is 3.63. The van der Waals surface area contributed by atoms with Gasteiger partial charge in [0, 0.05) is 62.5 Å². The standard InChI is InChI=1S/C26H29N4O/c1-28(2)17-27-19-9-7-18(8-10-19)26-22-13-11-20(29(3)4)15-24(22)31-25-16-21(30(5)6)12-14-23(25)26/h7-17H,1-6H3/q+1. The molecule has 0 amide bonds. The van der Waals surface area contributed by atoms with Gasteiger partial charge in [-0.1, -0.05) is 12.1 Å². The second kappa shape index (κ2) is 8.26. The molecule has 0 atom stereocenters. The zero-order chi connectivity index (χ0) is 22.1. The molecule has 5 nitrogen and oxygen atoms in total. The summed E-state index contributed by atoms with van der Waals surface area (Å²) in [7, 11) is 12.1. The van der Waals surface area contributed by atoms with Gasteiger partial charge in [-0.3, -0.25) is 0 Å². The summed E-state index contributed by atoms with van der Waals surface area (Å²) in [6.07, 6.45) is 1.81. The van der Waals surface area contributed by atoms with Crippen LogP contribution in [0.4, 0.5) is 11.4 Å². The molecule has 0 N–H and O–H groups in total. The van der Waals surface area contributed by atoms with Gasteiger partial charge in [0.15, 0.2) is 0 Å². The first kappa shape index (κ1) is 20.7. The lowest BCUT2D eigenvalue weighted by atomic mass is 9.93. The van der Waals surface area contributed by atoms with Crippen LogP contribution in [0.15, 0.2) is 70.1 Å². The van der Waals surface area contributed by atoms with Gasteiger partial charge < -0.3 is 14.2 Å². The summed E-state index contributed by atoms with van der Waals surface area (Å²) in [5.74, 6) is 0.874. The second-order valence-electron chi connectivity index (χ2n) is 8.38. The Bertz CT molecular complexity index is 1290. The Hall–Kier alpha value is -3.60. The number of benzene rings is 3. The Morgan fingerprint density at radius 2 is 1.61 bits per heavy atom. The minimum absolute atomic E-state index is 0.874. The molecule has 0 saturated heterocycles. The summed E-state index contributed by atoms with van der Waals surface area (Å²) < 4.78 is 8.49. The van der Waals surface area contributed by atoms with E-state index in [0.29, 0.717) is 0 Å². The number of rotatable bonds is 4. The number of anilines is 1. The largest absolute Gasteiger partial charge is 0.456 e. The van der Waals surface area contributed by atoms with Gasteiger partial charge in [0.1, 0.15) is 25.4 Å². The summed E-state index contributed by atoms with van der Waals surface area (Å²) in [5.41, 5.74) is 6.33. The van der Waals surface area contributed by atoms with Crippen LogP contribution < -0.4 is 14.8 Å². The van der Waals surface area contributed by atoms with Crippen LogP contribution in [0.5, 0.6) is 0 Å². The van der Waals surface area contributed by atoms with E-state index in [1.54, 1.807) is 0 Å². The monoisotopic (exact) mass is 413 g/mol. The summed E-state index contributed by atoms with van der Waals surface area (Å²) in [6, 6.07) is 21.2. The number of aliphatic imine (C=N–C) groups is 1. The molecule has 0 bridgehead atoms. The molecule has 0 saturated carbocycles. The van der Waals surface area contributed by atoms with Crippen molar-refractivity contribution in [2.24, 2.45) is 4.99 Å². The predicted octanol–water partition coefficient (Wildman–Crippen LogP) is 4.52. The zero-order valence-electron chi connectivity index (χ0n) is 19.0. The summed E-state index contributed by atoms with van der Waals surface area (Å²) >= 11 is 0. The average molecular weight is 414 g/mol. The average Bonchev–Trinajstić information content (AvgIpc) is 2.75. The van der Waals surface area contributed by atoms with Crippen molar-refractivity contribution >= 4 is 28.7 Å². The SMILES string of the molecule is CN(C)C=Nc1ccc(-c2c3ccc(=[N+](C)C)cc-3oc3cc(N(C)C)ccc23)cc1. The summed E-state index contributed by atoms with van der Waals surface area (Å²) in [4.78, 5) is 8.52. The fraction of sp³-hybridized carbons (Fsp3) is 0.231.